The molecule has 1 saturated carbocycles. The van der Waals surface area contributed by atoms with Gasteiger partial charge in [0.2, 0.25) is 5.91 Å². The van der Waals surface area contributed by atoms with Crippen molar-refractivity contribution >= 4 is 40.0 Å². The lowest BCUT2D eigenvalue weighted by Gasteiger charge is -2.20. The van der Waals surface area contributed by atoms with Crippen molar-refractivity contribution in [1.82, 2.24) is 14.8 Å². The van der Waals surface area contributed by atoms with E-state index in [1.807, 2.05) is 11.6 Å². The first-order valence-electron chi connectivity index (χ1n) is 11.2. The molecular weight excluding hydrogens is 432 g/mol. The number of nitrogens with one attached hydrogen (secondary N) is 1. The highest BCUT2D eigenvalue weighted by molar-refractivity contribution is 7.99. The maximum Gasteiger partial charge on any atom is 0.341 e. The number of hydrogen-bond acceptors (Lipinski definition) is 7. The van der Waals surface area contributed by atoms with Crippen molar-refractivity contribution in [3.8, 4) is 0 Å². The van der Waals surface area contributed by atoms with Crippen molar-refractivity contribution in [3.05, 3.63) is 21.8 Å². The van der Waals surface area contributed by atoms with Gasteiger partial charge < -0.3 is 14.6 Å². The lowest BCUT2D eigenvalue weighted by molar-refractivity contribution is -0.113. The summed E-state index contributed by atoms with van der Waals surface area (Å²) in [6.07, 6.45) is 10.3. The normalized spacial score (nSPS) is 16.3. The van der Waals surface area contributed by atoms with Crippen LogP contribution in [0.25, 0.3) is 0 Å². The van der Waals surface area contributed by atoms with Crippen LogP contribution in [0.1, 0.15) is 72.1 Å². The van der Waals surface area contributed by atoms with Crippen LogP contribution in [0.5, 0.6) is 0 Å². The number of ether oxygens (including phenoxy) is 1. The van der Waals surface area contributed by atoms with Crippen LogP contribution >= 0.6 is 23.1 Å². The third kappa shape index (κ3) is 5.14. The van der Waals surface area contributed by atoms with Crippen molar-refractivity contribution in [2.75, 3.05) is 17.7 Å². The quantitative estimate of drug-likeness (QED) is 0.462. The first-order chi connectivity index (χ1) is 15.1. The van der Waals surface area contributed by atoms with E-state index in [0.29, 0.717) is 23.1 Å². The highest BCUT2D eigenvalue weighted by Crippen LogP contribution is 2.39. The van der Waals surface area contributed by atoms with Crippen LogP contribution in [0.3, 0.4) is 0 Å². The Morgan fingerprint density at radius 1 is 1.19 bits per heavy atom. The molecule has 2 heterocycles. The minimum atomic E-state index is -0.342. The average molecular weight is 463 g/mol. The number of esters is 1. The van der Waals surface area contributed by atoms with E-state index in [0.717, 1.165) is 42.2 Å². The second-order valence-corrected chi connectivity index (χ2v) is 10.3. The molecule has 2 aliphatic carbocycles. The molecule has 2 aromatic heterocycles. The summed E-state index contributed by atoms with van der Waals surface area (Å²) >= 11 is 2.88. The van der Waals surface area contributed by atoms with Gasteiger partial charge in [-0.1, -0.05) is 43.9 Å². The summed E-state index contributed by atoms with van der Waals surface area (Å²) in [5.41, 5.74) is 1.60. The largest absolute Gasteiger partial charge is 0.462 e. The Bertz CT molecular complexity index is 947. The Balaban J connectivity index is 1.36. The predicted molar refractivity (Wildman–Crippen MR) is 123 cm³/mol. The Morgan fingerprint density at radius 3 is 2.77 bits per heavy atom. The number of nitrogens with zero attached hydrogens (tertiary/aromatic N) is 3. The van der Waals surface area contributed by atoms with E-state index in [2.05, 4.69) is 15.5 Å². The summed E-state index contributed by atoms with van der Waals surface area (Å²) in [5, 5.41) is 13.0. The van der Waals surface area contributed by atoms with Gasteiger partial charge in [-0.25, -0.2) is 4.79 Å². The monoisotopic (exact) mass is 462 g/mol. The zero-order valence-corrected chi connectivity index (χ0v) is 19.9. The van der Waals surface area contributed by atoms with E-state index in [-0.39, 0.29) is 17.6 Å². The van der Waals surface area contributed by atoms with Gasteiger partial charge in [-0.3, -0.25) is 4.79 Å². The van der Waals surface area contributed by atoms with Crippen LogP contribution in [0.2, 0.25) is 0 Å². The van der Waals surface area contributed by atoms with Crippen LogP contribution in [0.15, 0.2) is 5.16 Å². The van der Waals surface area contributed by atoms with Crippen molar-refractivity contribution in [2.24, 2.45) is 13.0 Å². The number of aromatic nitrogens is 3. The van der Waals surface area contributed by atoms with Gasteiger partial charge in [0, 0.05) is 18.3 Å². The van der Waals surface area contributed by atoms with Crippen molar-refractivity contribution in [1.29, 1.82) is 0 Å². The molecule has 0 spiro atoms. The number of thiophene rings is 1. The SMILES string of the molecule is CCOC(=O)c1c(NC(=O)CSc2nnc(CC3CCCCC3)n2C)sc2c1CCC2. The zero-order valence-electron chi connectivity index (χ0n) is 18.2. The highest BCUT2D eigenvalue weighted by atomic mass is 32.2. The maximum absolute atomic E-state index is 12.6. The molecule has 1 amide bonds. The average Bonchev–Trinajstić information content (AvgIpc) is 3.43. The number of carbonyl (C=O) groups excluding carboxylic acids is 2. The van der Waals surface area contributed by atoms with Crippen molar-refractivity contribution in [3.63, 3.8) is 0 Å². The van der Waals surface area contributed by atoms with E-state index in [9.17, 15) is 9.59 Å². The van der Waals surface area contributed by atoms with E-state index in [1.165, 1.54) is 60.1 Å². The summed E-state index contributed by atoms with van der Waals surface area (Å²) in [6, 6.07) is 0. The predicted octanol–water partition coefficient (Wildman–Crippen LogP) is 4.40. The molecule has 2 aromatic rings. The molecule has 2 aliphatic rings. The van der Waals surface area contributed by atoms with Crippen LogP contribution in [0, 0.1) is 5.92 Å². The van der Waals surface area contributed by atoms with Gasteiger partial charge in [0.1, 0.15) is 10.8 Å². The van der Waals surface area contributed by atoms with Gasteiger partial charge in [0.25, 0.3) is 0 Å². The summed E-state index contributed by atoms with van der Waals surface area (Å²) < 4.78 is 7.24. The second-order valence-electron chi connectivity index (χ2n) is 8.28. The molecule has 31 heavy (non-hydrogen) atoms. The Hall–Kier alpha value is -1.87. The summed E-state index contributed by atoms with van der Waals surface area (Å²) in [5.74, 6) is 1.42. The molecular formula is C22H30N4O3S2. The van der Waals surface area contributed by atoms with Gasteiger partial charge in [-0.2, -0.15) is 0 Å². The molecule has 1 N–H and O–H groups in total. The lowest BCUT2D eigenvalue weighted by atomic mass is 9.87. The summed E-state index contributed by atoms with van der Waals surface area (Å²) in [6.45, 7) is 2.12. The third-order valence-electron chi connectivity index (χ3n) is 6.11. The molecule has 4 rings (SSSR count). The number of amides is 1. The molecule has 0 unspecified atom stereocenters. The van der Waals surface area contributed by atoms with Crippen LogP contribution < -0.4 is 5.32 Å². The molecule has 9 heteroatoms. The number of thioether (sulfide) groups is 1. The van der Waals surface area contributed by atoms with Gasteiger partial charge in [0.15, 0.2) is 5.16 Å². The molecule has 0 saturated heterocycles. The number of anilines is 1. The van der Waals surface area contributed by atoms with E-state index >= 15 is 0 Å². The Morgan fingerprint density at radius 2 is 2.00 bits per heavy atom. The number of aryl methyl sites for hydroxylation is 1. The Labute approximate surface area is 191 Å². The summed E-state index contributed by atoms with van der Waals surface area (Å²) in [7, 11) is 1.97. The standard InChI is InChI=1S/C22H30N4O3S2/c1-3-29-21(28)19-15-10-7-11-16(15)31-20(19)23-18(27)13-30-22-25-24-17(26(22)2)12-14-8-5-4-6-9-14/h14H,3-13H2,1-2H3,(H,23,27). The van der Waals surface area contributed by atoms with Gasteiger partial charge >= 0.3 is 5.97 Å². The molecule has 168 valence electrons. The van der Waals surface area contributed by atoms with Crippen LogP contribution in [-0.4, -0.2) is 39.0 Å². The Kier molecular flexibility index (Phi) is 7.32. The van der Waals surface area contributed by atoms with Crippen LogP contribution in [-0.2, 0) is 35.8 Å². The summed E-state index contributed by atoms with van der Waals surface area (Å²) in [4.78, 5) is 26.3. The maximum atomic E-state index is 12.6. The van der Waals surface area contributed by atoms with E-state index in [4.69, 9.17) is 4.74 Å². The van der Waals surface area contributed by atoms with E-state index in [1.54, 1.807) is 6.92 Å². The van der Waals surface area contributed by atoms with Gasteiger partial charge in [-0.05, 0) is 37.7 Å². The fourth-order valence-corrected chi connectivity index (χ4v) is 6.53. The molecule has 0 bridgehead atoms. The van der Waals surface area contributed by atoms with E-state index < -0.39 is 0 Å². The number of rotatable bonds is 8. The topological polar surface area (TPSA) is 86.1 Å². The lowest BCUT2D eigenvalue weighted by Crippen LogP contribution is -2.17. The fraction of sp³-hybridized carbons (Fsp3) is 0.636. The van der Waals surface area contributed by atoms with Crippen molar-refractivity contribution < 1.29 is 14.3 Å². The second kappa shape index (κ2) is 10.2. The van der Waals surface area contributed by atoms with Gasteiger partial charge in [-0.15, -0.1) is 21.5 Å². The third-order valence-corrected chi connectivity index (χ3v) is 8.33. The number of fused-ring (bicyclic) bond motifs is 1. The highest BCUT2D eigenvalue weighted by Gasteiger charge is 2.28. The number of hydrogen-bond donors (Lipinski definition) is 1. The zero-order chi connectivity index (χ0) is 21.8. The smallest absolute Gasteiger partial charge is 0.341 e. The molecule has 0 radical (unpaired) electrons. The number of carbonyl (C=O) groups is 2. The van der Waals surface area contributed by atoms with Gasteiger partial charge in [0.05, 0.1) is 17.9 Å². The fourth-order valence-electron chi connectivity index (χ4n) is 4.50. The molecule has 0 atom stereocenters. The minimum Gasteiger partial charge on any atom is -0.462 e. The van der Waals surface area contributed by atoms with Crippen molar-refractivity contribution in [2.45, 2.75) is 69.9 Å². The first-order valence-corrected chi connectivity index (χ1v) is 13.0. The molecule has 1 fully saturated rings. The molecule has 0 aromatic carbocycles. The van der Waals surface area contributed by atoms with Crippen LogP contribution in [0.4, 0.5) is 5.00 Å². The molecule has 0 aliphatic heterocycles. The first kappa shape index (κ1) is 22.3. The minimum absolute atomic E-state index is 0.146. The molecule has 7 nitrogen and oxygen atoms in total.